The average molecular weight is 601 g/mol. The fourth-order valence-corrected chi connectivity index (χ4v) is 5.15. The molecule has 3 amide bonds. The van der Waals surface area contributed by atoms with E-state index in [0.29, 0.717) is 18.1 Å². The standard InChI is InChI=1S/C24H22F4N6O4S.H2S/c1-33(18-4-5-19(21(27)28)30-13-18)23(35)20(11-14-9-16(25)12-17(26)10-14)31-24(36)32-39(37,38)34-8-6-15-3-2-7-29-22(15)34;/h2-5,7,9-10,12-13,20-21H,6,8,11H2,1H3,(H2,31,32,36);1H2/t20-;/m0./s1. The van der Waals surface area contributed by atoms with Gasteiger partial charge in [0.05, 0.1) is 11.9 Å². The number of nitrogens with one attached hydrogen (secondary N) is 2. The Morgan fingerprint density at radius 2 is 1.80 bits per heavy atom. The van der Waals surface area contributed by atoms with Crippen LogP contribution in [0.25, 0.3) is 0 Å². The van der Waals surface area contributed by atoms with Gasteiger partial charge in [0.25, 0.3) is 6.43 Å². The molecule has 0 unspecified atom stereocenters. The smallest absolute Gasteiger partial charge is 0.325 e. The van der Waals surface area contributed by atoms with Gasteiger partial charge in [0, 0.05) is 32.3 Å². The van der Waals surface area contributed by atoms with Gasteiger partial charge in [0.2, 0.25) is 5.91 Å². The molecule has 10 nitrogen and oxygen atoms in total. The summed E-state index contributed by atoms with van der Waals surface area (Å²) in [5.41, 5.74) is 0.213. The minimum Gasteiger partial charge on any atom is -0.325 e. The van der Waals surface area contributed by atoms with E-state index in [4.69, 9.17) is 0 Å². The minimum absolute atomic E-state index is 0. The molecule has 0 fully saturated rings. The SMILES string of the molecule is CN(C(=O)[C@H](Cc1cc(F)cc(F)c1)NC(=O)NS(=O)(=O)N1CCc2cccnc21)c1ccc(C(F)F)nc1.S. The van der Waals surface area contributed by atoms with Gasteiger partial charge >= 0.3 is 16.2 Å². The number of anilines is 2. The third-order valence-electron chi connectivity index (χ3n) is 5.88. The first-order valence-corrected chi connectivity index (χ1v) is 12.9. The molecule has 0 spiro atoms. The molecule has 3 heterocycles. The van der Waals surface area contributed by atoms with E-state index in [1.54, 1.807) is 12.1 Å². The summed E-state index contributed by atoms with van der Waals surface area (Å²) in [4.78, 5) is 34.7. The van der Waals surface area contributed by atoms with Crippen LogP contribution in [0.5, 0.6) is 0 Å². The predicted molar refractivity (Wildman–Crippen MR) is 143 cm³/mol. The Morgan fingerprint density at radius 1 is 1.10 bits per heavy atom. The maximum Gasteiger partial charge on any atom is 0.330 e. The molecule has 1 aliphatic heterocycles. The molecule has 214 valence electrons. The molecule has 0 saturated heterocycles. The molecule has 2 aromatic heterocycles. The monoisotopic (exact) mass is 600 g/mol. The molecule has 1 atom stereocenters. The first kappa shape index (κ1) is 30.6. The molecular formula is C24H24F4N6O4S2. The van der Waals surface area contributed by atoms with Crippen molar-refractivity contribution in [3.8, 4) is 0 Å². The number of rotatable bonds is 8. The van der Waals surface area contributed by atoms with Crippen LogP contribution >= 0.6 is 13.5 Å². The zero-order valence-corrected chi connectivity index (χ0v) is 22.6. The molecule has 40 heavy (non-hydrogen) atoms. The van der Waals surface area contributed by atoms with E-state index >= 15 is 0 Å². The number of carbonyl (C=O) groups is 2. The number of alkyl halides is 2. The number of urea groups is 1. The summed E-state index contributed by atoms with van der Waals surface area (Å²) in [6.07, 6.45) is -0.470. The van der Waals surface area contributed by atoms with Gasteiger partial charge in [0.15, 0.2) is 0 Å². The predicted octanol–water partition coefficient (Wildman–Crippen LogP) is 2.99. The number of likely N-dealkylation sites (N-methyl/N-ethyl adjacent to an activating group) is 1. The molecule has 4 rings (SSSR count). The second-order valence-electron chi connectivity index (χ2n) is 8.56. The molecule has 1 aliphatic rings. The zero-order valence-electron chi connectivity index (χ0n) is 20.8. The number of hydrogen-bond acceptors (Lipinski definition) is 6. The van der Waals surface area contributed by atoms with E-state index in [0.717, 1.165) is 33.6 Å². The van der Waals surface area contributed by atoms with Crippen LogP contribution in [0.15, 0.2) is 54.9 Å². The molecular weight excluding hydrogens is 576 g/mol. The Morgan fingerprint density at radius 3 is 2.42 bits per heavy atom. The highest BCUT2D eigenvalue weighted by Gasteiger charge is 2.33. The maximum atomic E-state index is 13.8. The Hall–Kier alpha value is -3.92. The largest absolute Gasteiger partial charge is 0.330 e. The number of benzene rings is 1. The van der Waals surface area contributed by atoms with Crippen LogP contribution in [0.2, 0.25) is 0 Å². The van der Waals surface area contributed by atoms with Crippen LogP contribution < -0.4 is 19.2 Å². The van der Waals surface area contributed by atoms with Crippen molar-refractivity contribution in [2.75, 3.05) is 22.8 Å². The minimum atomic E-state index is -4.43. The maximum absolute atomic E-state index is 13.8. The second kappa shape index (κ2) is 12.5. The lowest BCUT2D eigenvalue weighted by molar-refractivity contribution is -0.120. The Bertz CT molecular complexity index is 1470. The first-order valence-electron chi connectivity index (χ1n) is 11.5. The Kier molecular flexibility index (Phi) is 9.57. The quantitative estimate of drug-likeness (QED) is 0.383. The average Bonchev–Trinajstić information content (AvgIpc) is 3.32. The highest BCUT2D eigenvalue weighted by molar-refractivity contribution is 7.91. The number of amides is 3. The van der Waals surface area contributed by atoms with Gasteiger partial charge < -0.3 is 10.2 Å². The highest BCUT2D eigenvalue weighted by Crippen LogP contribution is 2.27. The summed E-state index contributed by atoms with van der Waals surface area (Å²) in [7, 11) is -3.17. The van der Waals surface area contributed by atoms with E-state index in [1.165, 1.54) is 19.3 Å². The molecule has 16 heteroatoms. The van der Waals surface area contributed by atoms with Gasteiger partial charge in [-0.15, -0.1) is 0 Å². The molecule has 0 aliphatic carbocycles. The van der Waals surface area contributed by atoms with Crippen LogP contribution in [-0.2, 0) is 27.8 Å². The normalized spacial score (nSPS) is 13.3. The van der Waals surface area contributed by atoms with Crippen molar-refractivity contribution < 1.29 is 35.6 Å². The van der Waals surface area contributed by atoms with E-state index in [9.17, 15) is 35.6 Å². The van der Waals surface area contributed by atoms with Crippen LogP contribution in [-0.4, -0.2) is 50.0 Å². The van der Waals surface area contributed by atoms with Crippen molar-refractivity contribution in [2.45, 2.75) is 25.3 Å². The van der Waals surface area contributed by atoms with Gasteiger partial charge in [0.1, 0.15) is 29.2 Å². The fraction of sp³-hybridized carbons (Fsp3) is 0.250. The van der Waals surface area contributed by atoms with Gasteiger partial charge in [-0.2, -0.15) is 21.9 Å². The molecule has 0 radical (unpaired) electrons. The lowest BCUT2D eigenvalue weighted by atomic mass is 10.0. The second-order valence-corrected chi connectivity index (χ2v) is 10.2. The molecule has 3 aromatic rings. The number of nitrogens with zero attached hydrogens (tertiary/aromatic N) is 4. The Labute approximate surface area is 234 Å². The highest BCUT2D eigenvalue weighted by atomic mass is 32.2. The van der Waals surface area contributed by atoms with E-state index in [-0.39, 0.29) is 37.1 Å². The van der Waals surface area contributed by atoms with Crippen molar-refractivity contribution in [3.05, 3.63) is 83.3 Å². The van der Waals surface area contributed by atoms with Crippen molar-refractivity contribution in [1.29, 1.82) is 0 Å². The molecule has 2 N–H and O–H groups in total. The van der Waals surface area contributed by atoms with Crippen molar-refractivity contribution in [1.82, 2.24) is 20.0 Å². The topological polar surface area (TPSA) is 125 Å². The molecule has 0 bridgehead atoms. The van der Waals surface area contributed by atoms with Crippen LogP contribution in [0.3, 0.4) is 0 Å². The number of aromatic nitrogens is 2. The number of fused-ring (bicyclic) bond motifs is 1. The van der Waals surface area contributed by atoms with Crippen LogP contribution in [0.1, 0.15) is 23.2 Å². The summed E-state index contributed by atoms with van der Waals surface area (Å²) >= 11 is 0. The lowest BCUT2D eigenvalue weighted by Gasteiger charge is -2.25. The van der Waals surface area contributed by atoms with Crippen molar-refractivity contribution in [2.24, 2.45) is 0 Å². The van der Waals surface area contributed by atoms with Gasteiger partial charge in [-0.05, 0) is 47.9 Å². The number of halogens is 4. The van der Waals surface area contributed by atoms with Crippen molar-refractivity contribution in [3.63, 3.8) is 0 Å². The van der Waals surface area contributed by atoms with Gasteiger partial charge in [-0.1, -0.05) is 6.07 Å². The van der Waals surface area contributed by atoms with E-state index in [2.05, 4.69) is 15.3 Å². The summed E-state index contributed by atoms with van der Waals surface area (Å²) in [5.74, 6) is -2.54. The summed E-state index contributed by atoms with van der Waals surface area (Å²) in [6, 6.07) is 5.27. The molecule has 1 aromatic carbocycles. The van der Waals surface area contributed by atoms with Crippen LogP contribution in [0, 0.1) is 11.6 Å². The van der Waals surface area contributed by atoms with Gasteiger partial charge in [-0.25, -0.2) is 36.4 Å². The third kappa shape index (κ3) is 6.98. The van der Waals surface area contributed by atoms with E-state index < -0.39 is 58.4 Å². The van der Waals surface area contributed by atoms with Crippen LogP contribution in [0.4, 0.5) is 33.9 Å². The van der Waals surface area contributed by atoms with E-state index in [1.807, 2.05) is 4.72 Å². The van der Waals surface area contributed by atoms with Gasteiger partial charge in [-0.3, -0.25) is 9.78 Å². The number of hydrogen-bond donors (Lipinski definition) is 2. The summed E-state index contributed by atoms with van der Waals surface area (Å²) in [5, 5.41) is 2.24. The summed E-state index contributed by atoms with van der Waals surface area (Å²) in [6.45, 7) is 0.0320. The van der Waals surface area contributed by atoms with Crippen molar-refractivity contribution >= 4 is 47.1 Å². The Balaban J connectivity index is 0.00000441. The first-order chi connectivity index (χ1) is 18.4. The molecule has 0 saturated carbocycles. The lowest BCUT2D eigenvalue weighted by Crippen LogP contribution is -2.54. The summed E-state index contributed by atoms with van der Waals surface area (Å²) < 4.78 is 81.8. The third-order valence-corrected chi connectivity index (χ3v) is 7.26. The fourth-order valence-electron chi connectivity index (χ4n) is 4.02. The number of carbonyl (C=O) groups excluding carboxylic acids is 2. The number of pyridine rings is 2. The zero-order chi connectivity index (χ0) is 28.3.